The van der Waals surface area contributed by atoms with Crippen molar-refractivity contribution in [1.82, 2.24) is 4.57 Å². The molecule has 3 nitrogen and oxygen atoms in total. The van der Waals surface area contributed by atoms with Gasteiger partial charge in [0.05, 0.1) is 5.69 Å². The molecule has 13 heavy (non-hydrogen) atoms. The van der Waals surface area contributed by atoms with Gasteiger partial charge in [0.25, 0.3) is 0 Å². The van der Waals surface area contributed by atoms with Crippen molar-refractivity contribution in [3.8, 4) is 0 Å². The zero-order valence-electron chi connectivity index (χ0n) is 8.42. The molecule has 0 amide bonds. The molecule has 0 aliphatic rings. The van der Waals surface area contributed by atoms with E-state index in [9.17, 15) is 4.79 Å². The fraction of sp³-hybridized carbons (Fsp3) is 0.500. The summed E-state index contributed by atoms with van der Waals surface area (Å²) in [7, 11) is 1.90. The molecule has 0 fully saturated rings. The Hall–Kier alpha value is -1.25. The first-order valence-corrected chi connectivity index (χ1v) is 4.57. The third-order valence-corrected chi connectivity index (χ3v) is 2.04. The second kappa shape index (κ2) is 4.12. The number of nitrogens with one attached hydrogen (secondary N) is 1. The monoisotopic (exact) mass is 180 g/mol. The van der Waals surface area contributed by atoms with Crippen molar-refractivity contribution in [3.05, 3.63) is 17.8 Å². The second-order valence-electron chi connectivity index (χ2n) is 3.15. The van der Waals surface area contributed by atoms with Crippen LogP contribution >= 0.6 is 0 Å². The molecule has 72 valence electrons. The lowest BCUT2D eigenvalue weighted by molar-refractivity contribution is 0.101. The molecular weight excluding hydrogens is 164 g/mol. The zero-order chi connectivity index (χ0) is 9.84. The van der Waals surface area contributed by atoms with Crippen LogP contribution in [0.3, 0.4) is 0 Å². The molecule has 3 heteroatoms. The van der Waals surface area contributed by atoms with Crippen LogP contribution in [-0.2, 0) is 7.05 Å². The van der Waals surface area contributed by atoms with E-state index in [4.69, 9.17) is 0 Å². The molecule has 0 radical (unpaired) electrons. The fourth-order valence-corrected chi connectivity index (χ4v) is 1.30. The van der Waals surface area contributed by atoms with Crippen molar-refractivity contribution < 1.29 is 4.79 Å². The molecule has 1 aromatic rings. The number of aromatic nitrogens is 1. The molecule has 1 heterocycles. The molecule has 0 atom stereocenters. The third-order valence-electron chi connectivity index (χ3n) is 2.04. The third kappa shape index (κ3) is 2.11. The molecule has 1 N–H and O–H groups in total. The summed E-state index contributed by atoms with van der Waals surface area (Å²) in [6, 6.07) is 3.78. The Kier molecular flexibility index (Phi) is 3.12. The number of rotatable bonds is 4. The number of Topliss-reactive ketones (excluding diaryl/α,β-unsaturated/α-hetero) is 1. The lowest BCUT2D eigenvalue weighted by atomic mass is 10.3. The molecule has 0 aliphatic carbocycles. The smallest absolute Gasteiger partial charge is 0.176 e. The standard InChI is InChI=1S/C10H16N2O/c1-4-7-11-10-6-5-9(8(2)13)12(10)3/h5-6,11H,4,7H2,1-3H3. The van der Waals surface area contributed by atoms with Crippen molar-refractivity contribution in [2.75, 3.05) is 11.9 Å². The maximum absolute atomic E-state index is 11.1. The summed E-state index contributed by atoms with van der Waals surface area (Å²) in [5.41, 5.74) is 0.749. The lowest BCUT2D eigenvalue weighted by Crippen LogP contribution is -2.08. The molecule has 1 rings (SSSR count). The SMILES string of the molecule is CCCNc1ccc(C(C)=O)n1C. The van der Waals surface area contributed by atoms with Crippen LogP contribution in [0, 0.1) is 0 Å². The van der Waals surface area contributed by atoms with Gasteiger partial charge < -0.3 is 9.88 Å². The molecule has 0 saturated carbocycles. The number of anilines is 1. The van der Waals surface area contributed by atoms with E-state index in [-0.39, 0.29) is 5.78 Å². The van der Waals surface area contributed by atoms with Crippen molar-refractivity contribution in [1.29, 1.82) is 0 Å². The van der Waals surface area contributed by atoms with Crippen molar-refractivity contribution in [2.45, 2.75) is 20.3 Å². The van der Waals surface area contributed by atoms with Gasteiger partial charge in [-0.2, -0.15) is 0 Å². The minimum atomic E-state index is 0.104. The highest BCUT2D eigenvalue weighted by Crippen LogP contribution is 2.12. The normalized spacial score (nSPS) is 10.1. The van der Waals surface area contributed by atoms with Gasteiger partial charge in [-0.3, -0.25) is 4.79 Å². The Morgan fingerprint density at radius 2 is 2.23 bits per heavy atom. The van der Waals surface area contributed by atoms with Crippen molar-refractivity contribution in [2.24, 2.45) is 7.05 Å². The van der Waals surface area contributed by atoms with Crippen LogP contribution in [0.5, 0.6) is 0 Å². The summed E-state index contributed by atoms with van der Waals surface area (Å²) in [5, 5.41) is 3.25. The van der Waals surface area contributed by atoms with Crippen molar-refractivity contribution in [3.63, 3.8) is 0 Å². The molecule has 1 aromatic heterocycles. The van der Waals surface area contributed by atoms with E-state index in [1.807, 2.05) is 23.7 Å². The van der Waals surface area contributed by atoms with Gasteiger partial charge in [0.15, 0.2) is 5.78 Å². The zero-order valence-corrected chi connectivity index (χ0v) is 8.42. The molecule has 0 spiro atoms. The lowest BCUT2D eigenvalue weighted by Gasteiger charge is -2.07. The van der Waals surface area contributed by atoms with E-state index in [0.29, 0.717) is 0 Å². The summed E-state index contributed by atoms with van der Waals surface area (Å²) in [6.07, 6.45) is 1.08. The summed E-state index contributed by atoms with van der Waals surface area (Å²) in [6.45, 7) is 4.63. The number of carbonyl (C=O) groups excluding carboxylic acids is 1. The number of carbonyl (C=O) groups is 1. The predicted octanol–water partition coefficient (Wildman–Crippen LogP) is 2.05. The topological polar surface area (TPSA) is 34.0 Å². The van der Waals surface area contributed by atoms with Crippen LogP contribution < -0.4 is 5.32 Å². The largest absolute Gasteiger partial charge is 0.371 e. The molecular formula is C10H16N2O. The Balaban J connectivity index is 2.80. The number of nitrogens with zero attached hydrogens (tertiary/aromatic N) is 1. The van der Waals surface area contributed by atoms with E-state index in [2.05, 4.69) is 12.2 Å². The molecule has 0 saturated heterocycles. The van der Waals surface area contributed by atoms with Gasteiger partial charge in [0.2, 0.25) is 0 Å². The number of hydrogen-bond acceptors (Lipinski definition) is 2. The van der Waals surface area contributed by atoms with Crippen LogP contribution in [0.15, 0.2) is 12.1 Å². The quantitative estimate of drug-likeness (QED) is 0.719. The van der Waals surface area contributed by atoms with Gasteiger partial charge >= 0.3 is 0 Å². The molecule has 0 bridgehead atoms. The Morgan fingerprint density at radius 3 is 2.69 bits per heavy atom. The molecule has 0 unspecified atom stereocenters. The van der Waals surface area contributed by atoms with Crippen molar-refractivity contribution >= 4 is 11.6 Å². The first kappa shape index (κ1) is 9.84. The van der Waals surface area contributed by atoms with Crippen LogP contribution in [0.4, 0.5) is 5.82 Å². The van der Waals surface area contributed by atoms with E-state index in [0.717, 1.165) is 24.5 Å². The highest BCUT2D eigenvalue weighted by atomic mass is 16.1. The highest BCUT2D eigenvalue weighted by molar-refractivity contribution is 5.93. The number of hydrogen-bond donors (Lipinski definition) is 1. The van der Waals surface area contributed by atoms with E-state index < -0.39 is 0 Å². The predicted molar refractivity (Wildman–Crippen MR) is 54.2 cm³/mol. The molecule has 0 aliphatic heterocycles. The summed E-state index contributed by atoms with van der Waals surface area (Å²) in [4.78, 5) is 11.1. The van der Waals surface area contributed by atoms with Gasteiger partial charge in [-0.1, -0.05) is 6.92 Å². The van der Waals surface area contributed by atoms with Crippen LogP contribution in [0.2, 0.25) is 0 Å². The van der Waals surface area contributed by atoms with Gasteiger partial charge in [-0.25, -0.2) is 0 Å². The van der Waals surface area contributed by atoms with Gasteiger partial charge in [-0.15, -0.1) is 0 Å². The van der Waals surface area contributed by atoms with Crippen LogP contribution in [0.25, 0.3) is 0 Å². The minimum absolute atomic E-state index is 0.104. The Labute approximate surface area is 78.8 Å². The summed E-state index contributed by atoms with van der Waals surface area (Å²) in [5.74, 6) is 1.11. The Bertz CT molecular complexity index is 302. The van der Waals surface area contributed by atoms with E-state index in [1.54, 1.807) is 6.92 Å². The van der Waals surface area contributed by atoms with E-state index in [1.165, 1.54) is 0 Å². The maximum atomic E-state index is 11.1. The minimum Gasteiger partial charge on any atom is -0.371 e. The summed E-state index contributed by atoms with van der Waals surface area (Å²) >= 11 is 0. The first-order valence-electron chi connectivity index (χ1n) is 4.57. The Morgan fingerprint density at radius 1 is 1.54 bits per heavy atom. The first-order chi connectivity index (χ1) is 6.16. The average Bonchev–Trinajstić information content (AvgIpc) is 2.43. The highest BCUT2D eigenvalue weighted by Gasteiger charge is 2.06. The summed E-state index contributed by atoms with van der Waals surface area (Å²) < 4.78 is 1.89. The average molecular weight is 180 g/mol. The maximum Gasteiger partial charge on any atom is 0.176 e. The van der Waals surface area contributed by atoms with Crippen LogP contribution in [-0.4, -0.2) is 16.9 Å². The van der Waals surface area contributed by atoms with Gasteiger partial charge in [0, 0.05) is 20.5 Å². The molecule has 0 aromatic carbocycles. The fourth-order valence-electron chi connectivity index (χ4n) is 1.30. The van der Waals surface area contributed by atoms with Gasteiger partial charge in [-0.05, 0) is 18.6 Å². The second-order valence-corrected chi connectivity index (χ2v) is 3.15. The van der Waals surface area contributed by atoms with Gasteiger partial charge in [0.1, 0.15) is 5.82 Å². The van der Waals surface area contributed by atoms with E-state index >= 15 is 0 Å². The number of ketones is 1. The van der Waals surface area contributed by atoms with Crippen LogP contribution in [0.1, 0.15) is 30.8 Å².